The Morgan fingerprint density at radius 3 is 2.52 bits per heavy atom. The number of amides is 2. The van der Waals surface area contributed by atoms with Gasteiger partial charge in [0, 0.05) is 13.2 Å². The number of nitrogens with one attached hydrogen (secondary N) is 2. The third-order valence-corrected chi connectivity index (χ3v) is 4.42. The predicted octanol–water partition coefficient (Wildman–Crippen LogP) is 2.08. The van der Waals surface area contributed by atoms with Crippen LogP contribution in [0.2, 0.25) is 0 Å². The van der Waals surface area contributed by atoms with Gasteiger partial charge in [-0.05, 0) is 62.8 Å². The number of carbonyl (C=O) groups excluding carboxylic acids is 2. The lowest BCUT2D eigenvalue weighted by Gasteiger charge is -2.18. The van der Waals surface area contributed by atoms with E-state index in [9.17, 15) is 9.59 Å². The van der Waals surface area contributed by atoms with Crippen LogP contribution in [-0.4, -0.2) is 31.1 Å². The predicted molar refractivity (Wildman–Crippen MR) is 89.2 cm³/mol. The van der Waals surface area contributed by atoms with Crippen molar-refractivity contribution in [2.45, 2.75) is 52.7 Å². The first-order valence-electron chi connectivity index (χ1n) is 8.16. The standard InChI is InChI=1S/C18H26N2O3/c1-11-8-13(3)16(9-12(11)2)14(4)20-18(22)17(21)19-10-15-6-5-7-23-15/h8-9,14-15H,5-7,10H2,1-4H3,(H,19,21)(H,20,22)/t14-,15+/m0/s1. The monoisotopic (exact) mass is 318 g/mol. The summed E-state index contributed by atoms with van der Waals surface area (Å²) in [4.78, 5) is 23.9. The molecule has 126 valence electrons. The Kier molecular flexibility index (Phi) is 5.77. The Labute approximate surface area is 137 Å². The van der Waals surface area contributed by atoms with Crippen molar-refractivity contribution in [3.05, 3.63) is 34.4 Å². The van der Waals surface area contributed by atoms with E-state index in [0.717, 1.165) is 30.6 Å². The van der Waals surface area contributed by atoms with Crippen LogP contribution in [0, 0.1) is 20.8 Å². The van der Waals surface area contributed by atoms with Crippen molar-refractivity contribution in [2.75, 3.05) is 13.2 Å². The number of hydrogen-bond donors (Lipinski definition) is 2. The lowest BCUT2D eigenvalue weighted by atomic mass is 9.96. The highest BCUT2D eigenvalue weighted by Crippen LogP contribution is 2.21. The van der Waals surface area contributed by atoms with Crippen molar-refractivity contribution in [1.82, 2.24) is 10.6 Å². The van der Waals surface area contributed by atoms with Gasteiger partial charge < -0.3 is 15.4 Å². The van der Waals surface area contributed by atoms with Gasteiger partial charge in [-0.1, -0.05) is 12.1 Å². The van der Waals surface area contributed by atoms with E-state index in [1.54, 1.807) is 0 Å². The van der Waals surface area contributed by atoms with Gasteiger partial charge in [-0.25, -0.2) is 0 Å². The van der Waals surface area contributed by atoms with Crippen LogP contribution in [0.4, 0.5) is 0 Å². The number of ether oxygens (including phenoxy) is 1. The van der Waals surface area contributed by atoms with Gasteiger partial charge in [-0.2, -0.15) is 0 Å². The fourth-order valence-electron chi connectivity index (χ4n) is 2.88. The van der Waals surface area contributed by atoms with Crippen LogP contribution in [0.1, 0.15) is 48.1 Å². The maximum absolute atomic E-state index is 12.0. The Morgan fingerprint density at radius 2 is 1.87 bits per heavy atom. The highest BCUT2D eigenvalue weighted by Gasteiger charge is 2.21. The van der Waals surface area contributed by atoms with Gasteiger partial charge in [0.1, 0.15) is 0 Å². The summed E-state index contributed by atoms with van der Waals surface area (Å²) in [5.41, 5.74) is 4.54. The molecule has 1 fully saturated rings. The fourth-order valence-corrected chi connectivity index (χ4v) is 2.88. The van der Waals surface area contributed by atoms with Gasteiger partial charge in [-0.3, -0.25) is 9.59 Å². The summed E-state index contributed by atoms with van der Waals surface area (Å²) in [6.45, 7) is 9.14. The van der Waals surface area contributed by atoms with Crippen molar-refractivity contribution in [3.8, 4) is 0 Å². The molecule has 0 aliphatic carbocycles. The molecule has 5 nitrogen and oxygen atoms in total. The summed E-state index contributed by atoms with van der Waals surface area (Å²) in [5.74, 6) is -1.21. The van der Waals surface area contributed by atoms with E-state index in [-0.39, 0.29) is 12.1 Å². The summed E-state index contributed by atoms with van der Waals surface area (Å²) in [5, 5.41) is 5.41. The smallest absolute Gasteiger partial charge is 0.309 e. The van der Waals surface area contributed by atoms with Gasteiger partial charge in [0.15, 0.2) is 0 Å². The number of aryl methyl sites for hydroxylation is 3. The van der Waals surface area contributed by atoms with Crippen LogP contribution in [0.15, 0.2) is 12.1 Å². The second-order valence-electron chi connectivity index (χ2n) is 6.33. The molecule has 23 heavy (non-hydrogen) atoms. The fraction of sp³-hybridized carbons (Fsp3) is 0.556. The molecule has 1 aromatic carbocycles. The molecule has 1 heterocycles. The third kappa shape index (κ3) is 4.55. The van der Waals surface area contributed by atoms with Crippen LogP contribution >= 0.6 is 0 Å². The maximum Gasteiger partial charge on any atom is 0.309 e. The second-order valence-corrected chi connectivity index (χ2v) is 6.33. The first-order valence-corrected chi connectivity index (χ1v) is 8.16. The van der Waals surface area contributed by atoms with Crippen molar-refractivity contribution in [2.24, 2.45) is 0 Å². The first-order chi connectivity index (χ1) is 10.9. The highest BCUT2D eigenvalue weighted by atomic mass is 16.5. The minimum absolute atomic E-state index is 0.0335. The highest BCUT2D eigenvalue weighted by molar-refractivity contribution is 6.35. The molecular weight excluding hydrogens is 292 g/mol. The molecule has 0 radical (unpaired) electrons. The number of rotatable bonds is 4. The average Bonchev–Trinajstić information content (AvgIpc) is 3.01. The van der Waals surface area contributed by atoms with Gasteiger partial charge in [0.2, 0.25) is 0 Å². The third-order valence-electron chi connectivity index (χ3n) is 4.42. The average molecular weight is 318 g/mol. The van der Waals surface area contributed by atoms with Gasteiger partial charge >= 0.3 is 11.8 Å². The SMILES string of the molecule is Cc1cc(C)c([C@H](C)NC(=O)C(=O)NC[C@H]2CCCO2)cc1C. The molecule has 2 amide bonds. The molecular formula is C18H26N2O3. The zero-order chi connectivity index (χ0) is 17.0. The Bertz CT molecular complexity index is 592. The molecule has 0 aromatic heterocycles. The van der Waals surface area contributed by atoms with Crippen molar-refractivity contribution in [1.29, 1.82) is 0 Å². The van der Waals surface area contributed by atoms with E-state index < -0.39 is 11.8 Å². The van der Waals surface area contributed by atoms with E-state index >= 15 is 0 Å². The summed E-state index contributed by atoms with van der Waals surface area (Å²) in [7, 11) is 0. The summed E-state index contributed by atoms with van der Waals surface area (Å²) in [6, 6.07) is 3.96. The van der Waals surface area contributed by atoms with E-state index in [2.05, 4.69) is 29.7 Å². The molecule has 0 unspecified atom stereocenters. The number of benzene rings is 1. The minimum atomic E-state index is -0.604. The maximum atomic E-state index is 12.0. The van der Waals surface area contributed by atoms with Gasteiger partial charge in [0.05, 0.1) is 12.1 Å². The topological polar surface area (TPSA) is 67.4 Å². The summed E-state index contributed by atoms with van der Waals surface area (Å²) in [6.07, 6.45) is 1.97. The second kappa shape index (κ2) is 7.59. The number of hydrogen-bond acceptors (Lipinski definition) is 3. The van der Waals surface area contributed by atoms with E-state index in [4.69, 9.17) is 4.74 Å². The molecule has 0 spiro atoms. The molecule has 2 N–H and O–H groups in total. The van der Waals surface area contributed by atoms with Crippen LogP contribution in [-0.2, 0) is 14.3 Å². The molecule has 1 aliphatic rings. The molecule has 5 heteroatoms. The zero-order valence-electron chi connectivity index (χ0n) is 14.4. The largest absolute Gasteiger partial charge is 0.376 e. The molecule has 0 saturated carbocycles. The quantitative estimate of drug-likeness (QED) is 0.835. The molecule has 0 bridgehead atoms. The lowest BCUT2D eigenvalue weighted by molar-refractivity contribution is -0.139. The summed E-state index contributed by atoms with van der Waals surface area (Å²) >= 11 is 0. The first kappa shape index (κ1) is 17.5. The van der Waals surface area contributed by atoms with E-state index in [1.165, 1.54) is 11.1 Å². The van der Waals surface area contributed by atoms with Gasteiger partial charge in [0.25, 0.3) is 0 Å². The van der Waals surface area contributed by atoms with Crippen LogP contribution in [0.25, 0.3) is 0 Å². The molecule has 1 aromatic rings. The van der Waals surface area contributed by atoms with Gasteiger partial charge in [-0.15, -0.1) is 0 Å². The van der Waals surface area contributed by atoms with Crippen LogP contribution < -0.4 is 10.6 Å². The number of carbonyl (C=O) groups is 2. The van der Waals surface area contributed by atoms with Crippen molar-refractivity contribution >= 4 is 11.8 Å². The minimum Gasteiger partial charge on any atom is -0.376 e. The van der Waals surface area contributed by atoms with Crippen LogP contribution in [0.3, 0.4) is 0 Å². The molecule has 2 atom stereocenters. The molecule has 1 saturated heterocycles. The van der Waals surface area contributed by atoms with Crippen molar-refractivity contribution < 1.29 is 14.3 Å². The zero-order valence-corrected chi connectivity index (χ0v) is 14.4. The molecule has 2 rings (SSSR count). The van der Waals surface area contributed by atoms with E-state index in [1.807, 2.05) is 20.8 Å². The summed E-state index contributed by atoms with van der Waals surface area (Å²) < 4.78 is 5.43. The Balaban J connectivity index is 1.91. The van der Waals surface area contributed by atoms with Crippen LogP contribution in [0.5, 0.6) is 0 Å². The molecule has 1 aliphatic heterocycles. The van der Waals surface area contributed by atoms with Crippen molar-refractivity contribution in [3.63, 3.8) is 0 Å². The normalized spacial score (nSPS) is 18.5. The lowest BCUT2D eigenvalue weighted by Crippen LogP contribution is -2.43. The Hall–Kier alpha value is -1.88. The van der Waals surface area contributed by atoms with E-state index in [0.29, 0.717) is 6.54 Å². The Morgan fingerprint density at radius 1 is 1.17 bits per heavy atom.